The number of nitrogens with zero attached hydrogens (tertiary/aromatic N) is 3. The molecule has 0 saturated heterocycles. The number of anilines is 2. The van der Waals surface area contributed by atoms with Crippen LogP contribution in [0.25, 0.3) is 0 Å². The summed E-state index contributed by atoms with van der Waals surface area (Å²) >= 11 is 1.60. The number of thioether (sulfide) groups is 1. The van der Waals surface area contributed by atoms with Gasteiger partial charge in [-0.05, 0) is 42.1 Å². The minimum Gasteiger partial charge on any atom is -0.377 e. The van der Waals surface area contributed by atoms with Gasteiger partial charge in [-0.1, -0.05) is 20.8 Å². The zero-order valence-corrected chi connectivity index (χ0v) is 13.8. The zero-order valence-electron chi connectivity index (χ0n) is 13.0. The topological polar surface area (TPSA) is 62.7 Å². The highest BCUT2D eigenvalue weighted by Crippen LogP contribution is 2.40. The lowest BCUT2D eigenvalue weighted by atomic mass is 9.70. The monoisotopic (exact) mass is 295 g/mol. The van der Waals surface area contributed by atoms with Crippen molar-refractivity contribution in [3.8, 4) is 0 Å². The van der Waals surface area contributed by atoms with Gasteiger partial charge in [-0.25, -0.2) is 0 Å². The summed E-state index contributed by atoms with van der Waals surface area (Å²) in [6, 6.07) is 0.470. The Labute approximate surface area is 125 Å². The maximum Gasteiger partial charge on any atom is 0.176 e. The highest BCUT2D eigenvalue weighted by atomic mass is 32.2. The van der Waals surface area contributed by atoms with Crippen LogP contribution in [0.15, 0.2) is 5.03 Å². The molecule has 2 atom stereocenters. The van der Waals surface area contributed by atoms with Gasteiger partial charge in [-0.15, -0.1) is 22.0 Å². The van der Waals surface area contributed by atoms with Crippen LogP contribution in [0, 0.1) is 11.3 Å². The first-order chi connectivity index (χ1) is 9.45. The van der Waals surface area contributed by atoms with Gasteiger partial charge in [0.25, 0.3) is 0 Å². The minimum absolute atomic E-state index is 0.391. The second-order valence-corrected chi connectivity index (χ2v) is 7.32. The van der Waals surface area contributed by atoms with Crippen LogP contribution in [0.2, 0.25) is 0 Å². The Kier molecular flexibility index (Phi) is 4.73. The molecule has 112 valence electrons. The average molecular weight is 295 g/mol. The molecule has 0 aliphatic heterocycles. The van der Waals surface area contributed by atoms with E-state index in [1.807, 2.05) is 13.3 Å². The summed E-state index contributed by atoms with van der Waals surface area (Å²) in [6.45, 7) is 7.05. The highest BCUT2D eigenvalue weighted by molar-refractivity contribution is 7.98. The Morgan fingerprint density at radius 1 is 1.25 bits per heavy atom. The van der Waals surface area contributed by atoms with E-state index < -0.39 is 0 Å². The van der Waals surface area contributed by atoms with Gasteiger partial charge in [-0.3, -0.25) is 0 Å². The Hall–Kier alpha value is -1.04. The number of rotatable bonds is 4. The summed E-state index contributed by atoms with van der Waals surface area (Å²) in [5.74, 6) is 1.52. The van der Waals surface area contributed by atoms with Crippen molar-refractivity contribution >= 4 is 23.3 Å². The van der Waals surface area contributed by atoms with E-state index in [4.69, 9.17) is 0 Å². The van der Waals surface area contributed by atoms with Crippen LogP contribution >= 0.6 is 11.8 Å². The van der Waals surface area contributed by atoms with Gasteiger partial charge in [-0.2, -0.15) is 0 Å². The number of aromatic nitrogens is 3. The lowest BCUT2D eigenvalue weighted by Crippen LogP contribution is -2.36. The first-order valence-corrected chi connectivity index (χ1v) is 8.39. The summed E-state index contributed by atoms with van der Waals surface area (Å²) in [5, 5.41) is 19.7. The molecule has 1 heterocycles. The van der Waals surface area contributed by atoms with Crippen molar-refractivity contribution in [2.45, 2.75) is 51.1 Å². The number of hydrogen-bond donors (Lipinski definition) is 2. The van der Waals surface area contributed by atoms with Crippen LogP contribution in [0.5, 0.6) is 0 Å². The molecule has 2 rings (SSSR count). The summed E-state index contributed by atoms with van der Waals surface area (Å²) in [4.78, 5) is 0. The molecule has 1 aliphatic carbocycles. The van der Waals surface area contributed by atoms with Crippen molar-refractivity contribution in [2.75, 3.05) is 23.9 Å². The molecule has 20 heavy (non-hydrogen) atoms. The molecule has 6 heteroatoms. The van der Waals surface area contributed by atoms with Crippen molar-refractivity contribution in [2.24, 2.45) is 11.3 Å². The summed E-state index contributed by atoms with van der Waals surface area (Å²) in [5.41, 5.74) is 1.38. The first-order valence-electron chi connectivity index (χ1n) is 7.17. The highest BCUT2D eigenvalue weighted by Gasteiger charge is 2.32. The number of hydrogen-bond acceptors (Lipinski definition) is 6. The SMILES string of the molecule is CNc1nnnc(SC)c1NC1CC(C)CC(C)(C)C1. The molecule has 0 aromatic carbocycles. The minimum atomic E-state index is 0.391. The predicted octanol–water partition coefficient (Wildman–Crippen LogP) is 3.26. The van der Waals surface area contributed by atoms with Crippen LogP contribution in [0.4, 0.5) is 11.5 Å². The van der Waals surface area contributed by atoms with Gasteiger partial charge in [0.1, 0.15) is 10.7 Å². The quantitative estimate of drug-likeness (QED) is 0.831. The second-order valence-electron chi connectivity index (χ2n) is 6.53. The van der Waals surface area contributed by atoms with Gasteiger partial charge >= 0.3 is 0 Å². The molecule has 0 amide bonds. The lowest BCUT2D eigenvalue weighted by Gasteiger charge is -2.39. The Balaban J connectivity index is 2.21. The third kappa shape index (κ3) is 3.53. The van der Waals surface area contributed by atoms with Crippen molar-refractivity contribution < 1.29 is 0 Å². The molecule has 5 nitrogen and oxygen atoms in total. The fourth-order valence-corrected chi connectivity index (χ4v) is 3.89. The van der Waals surface area contributed by atoms with Crippen LogP contribution in [0.3, 0.4) is 0 Å². The maximum absolute atomic E-state index is 4.13. The van der Waals surface area contributed by atoms with E-state index >= 15 is 0 Å². The van der Waals surface area contributed by atoms with E-state index in [2.05, 4.69) is 46.8 Å². The van der Waals surface area contributed by atoms with E-state index in [9.17, 15) is 0 Å². The fraction of sp³-hybridized carbons (Fsp3) is 0.786. The standard InChI is InChI=1S/C14H25N5S/c1-9-6-10(8-14(2,3)7-9)16-11-12(15-4)17-19-18-13(11)20-5/h9-10H,6-8H2,1-5H3,(H,16,19)(H,15,17,18). The van der Waals surface area contributed by atoms with Crippen molar-refractivity contribution in [3.05, 3.63) is 0 Å². The normalized spacial score (nSPS) is 25.2. The maximum atomic E-state index is 4.13. The molecule has 1 fully saturated rings. The van der Waals surface area contributed by atoms with Gasteiger partial charge in [0, 0.05) is 13.1 Å². The molecule has 0 radical (unpaired) electrons. The Morgan fingerprint density at radius 2 is 2.00 bits per heavy atom. The number of nitrogens with one attached hydrogen (secondary N) is 2. The summed E-state index contributed by atoms with van der Waals surface area (Å²) in [6.07, 6.45) is 5.69. The summed E-state index contributed by atoms with van der Waals surface area (Å²) in [7, 11) is 1.87. The van der Waals surface area contributed by atoms with E-state index in [0.29, 0.717) is 11.5 Å². The van der Waals surface area contributed by atoms with Crippen molar-refractivity contribution in [3.63, 3.8) is 0 Å². The Morgan fingerprint density at radius 3 is 2.60 bits per heavy atom. The predicted molar refractivity (Wildman–Crippen MR) is 85.4 cm³/mol. The largest absolute Gasteiger partial charge is 0.377 e. The second kappa shape index (κ2) is 6.16. The molecule has 0 bridgehead atoms. The van der Waals surface area contributed by atoms with Gasteiger partial charge in [0.05, 0.1) is 0 Å². The van der Waals surface area contributed by atoms with E-state index in [1.165, 1.54) is 19.3 Å². The van der Waals surface area contributed by atoms with Crippen LogP contribution in [0.1, 0.15) is 40.0 Å². The smallest absolute Gasteiger partial charge is 0.176 e. The molecule has 1 aromatic rings. The van der Waals surface area contributed by atoms with Gasteiger partial charge in [0.15, 0.2) is 5.82 Å². The van der Waals surface area contributed by atoms with Crippen molar-refractivity contribution in [1.82, 2.24) is 15.4 Å². The first kappa shape index (κ1) is 15.4. The van der Waals surface area contributed by atoms with Crippen molar-refractivity contribution in [1.29, 1.82) is 0 Å². The van der Waals surface area contributed by atoms with Gasteiger partial charge in [0.2, 0.25) is 0 Å². The molecular weight excluding hydrogens is 270 g/mol. The molecule has 2 N–H and O–H groups in total. The van der Waals surface area contributed by atoms with E-state index in [-0.39, 0.29) is 0 Å². The molecule has 1 saturated carbocycles. The molecule has 0 spiro atoms. The van der Waals surface area contributed by atoms with Crippen LogP contribution < -0.4 is 10.6 Å². The Bertz CT molecular complexity index is 441. The molecule has 2 unspecified atom stereocenters. The van der Waals surface area contributed by atoms with Crippen LogP contribution in [-0.2, 0) is 0 Å². The third-order valence-electron chi connectivity index (χ3n) is 3.90. The van der Waals surface area contributed by atoms with Gasteiger partial charge < -0.3 is 10.6 Å². The molecule has 1 aliphatic rings. The summed E-state index contributed by atoms with van der Waals surface area (Å²) < 4.78 is 0. The zero-order chi connectivity index (χ0) is 14.8. The molecule has 1 aromatic heterocycles. The lowest BCUT2D eigenvalue weighted by molar-refractivity contribution is 0.178. The van der Waals surface area contributed by atoms with E-state index in [1.54, 1.807) is 11.8 Å². The van der Waals surface area contributed by atoms with Crippen LogP contribution in [-0.4, -0.2) is 34.8 Å². The molecular formula is C14H25N5S. The fourth-order valence-electron chi connectivity index (χ4n) is 3.42. The average Bonchev–Trinajstić information content (AvgIpc) is 2.36. The van der Waals surface area contributed by atoms with E-state index in [0.717, 1.165) is 22.4 Å². The third-order valence-corrected chi connectivity index (χ3v) is 4.57.